The summed E-state index contributed by atoms with van der Waals surface area (Å²) in [5, 5.41) is 4.01. The first-order valence-corrected chi connectivity index (χ1v) is 9.24. The van der Waals surface area contributed by atoms with Gasteiger partial charge in [0.25, 0.3) is 0 Å². The monoisotopic (exact) mass is 405 g/mol. The molecule has 2 aromatic rings. The van der Waals surface area contributed by atoms with Gasteiger partial charge in [0.2, 0.25) is 0 Å². The Kier molecular flexibility index (Phi) is 6.18. The van der Waals surface area contributed by atoms with E-state index in [1.165, 1.54) is 0 Å². The summed E-state index contributed by atoms with van der Waals surface area (Å²) in [6.45, 7) is 2.29. The Balaban J connectivity index is 1.69. The molecule has 3 rings (SSSR count). The van der Waals surface area contributed by atoms with E-state index in [2.05, 4.69) is 31.1 Å². The third kappa shape index (κ3) is 5.00. The molecule has 1 N–H and O–H groups in total. The lowest BCUT2D eigenvalue weighted by Gasteiger charge is -2.28. The Morgan fingerprint density at radius 2 is 2.12 bits per heavy atom. The van der Waals surface area contributed by atoms with Gasteiger partial charge in [-0.05, 0) is 61.5 Å². The Bertz CT molecular complexity index is 660. The first-order valence-electron chi connectivity index (χ1n) is 8.04. The molecule has 1 aliphatic heterocycles. The molecule has 24 heavy (non-hydrogen) atoms. The molecule has 0 amide bonds. The minimum Gasteiger partial charge on any atom is -0.376 e. The fourth-order valence-corrected chi connectivity index (χ4v) is 3.20. The highest BCUT2D eigenvalue weighted by molar-refractivity contribution is 9.10. The van der Waals surface area contributed by atoms with Gasteiger partial charge < -0.3 is 15.0 Å². The number of halogens is 1. The number of benzene rings is 1. The van der Waals surface area contributed by atoms with Crippen molar-refractivity contribution in [2.24, 2.45) is 0 Å². The van der Waals surface area contributed by atoms with Gasteiger partial charge >= 0.3 is 0 Å². The van der Waals surface area contributed by atoms with E-state index in [4.69, 9.17) is 17.0 Å². The quantitative estimate of drug-likeness (QED) is 0.753. The van der Waals surface area contributed by atoms with Crippen LogP contribution in [0.15, 0.2) is 53.1 Å². The van der Waals surface area contributed by atoms with Crippen molar-refractivity contribution in [3.63, 3.8) is 0 Å². The number of thiocarbonyl (C=S) groups is 1. The number of ether oxygens (including phenoxy) is 1. The summed E-state index contributed by atoms with van der Waals surface area (Å²) in [7, 11) is 0. The molecule has 1 aromatic carbocycles. The molecule has 0 aliphatic carbocycles. The molecule has 1 aliphatic rings. The molecule has 4 nitrogen and oxygen atoms in total. The molecule has 1 saturated heterocycles. The van der Waals surface area contributed by atoms with Crippen molar-refractivity contribution in [2.45, 2.75) is 25.5 Å². The van der Waals surface area contributed by atoms with Gasteiger partial charge in [0.15, 0.2) is 5.11 Å². The van der Waals surface area contributed by atoms with Gasteiger partial charge in [-0.3, -0.25) is 4.98 Å². The van der Waals surface area contributed by atoms with E-state index in [9.17, 15) is 0 Å². The largest absolute Gasteiger partial charge is 0.376 e. The van der Waals surface area contributed by atoms with E-state index in [0.29, 0.717) is 11.7 Å². The van der Waals surface area contributed by atoms with E-state index < -0.39 is 0 Å². The number of hydrogen-bond acceptors (Lipinski definition) is 3. The Morgan fingerprint density at radius 3 is 2.79 bits per heavy atom. The Labute approximate surface area is 156 Å². The maximum absolute atomic E-state index is 5.78. The highest BCUT2D eigenvalue weighted by Crippen LogP contribution is 2.18. The van der Waals surface area contributed by atoms with Crippen LogP contribution in [0.1, 0.15) is 18.5 Å². The third-order valence-corrected chi connectivity index (χ3v) is 4.80. The van der Waals surface area contributed by atoms with Gasteiger partial charge in [-0.25, -0.2) is 0 Å². The van der Waals surface area contributed by atoms with E-state index in [1.54, 1.807) is 0 Å². The average Bonchev–Trinajstić information content (AvgIpc) is 3.10. The third-order valence-electron chi connectivity index (χ3n) is 3.91. The van der Waals surface area contributed by atoms with Crippen LogP contribution in [0.3, 0.4) is 0 Å². The molecule has 6 heteroatoms. The van der Waals surface area contributed by atoms with Crippen LogP contribution in [0.5, 0.6) is 0 Å². The second kappa shape index (κ2) is 8.55. The van der Waals surface area contributed by atoms with Gasteiger partial charge in [0.05, 0.1) is 18.3 Å². The van der Waals surface area contributed by atoms with Crippen LogP contribution in [0.25, 0.3) is 0 Å². The predicted octanol–water partition coefficient (Wildman–Crippen LogP) is 4.22. The maximum Gasteiger partial charge on any atom is 0.173 e. The zero-order chi connectivity index (χ0) is 16.8. The first kappa shape index (κ1) is 17.3. The molecule has 0 bridgehead atoms. The molecule has 0 radical (unpaired) electrons. The zero-order valence-corrected chi connectivity index (χ0v) is 15.7. The maximum atomic E-state index is 5.78. The fraction of sp³-hybridized carbons (Fsp3) is 0.333. The highest BCUT2D eigenvalue weighted by Gasteiger charge is 2.21. The molecule has 1 aromatic heterocycles. The fourth-order valence-electron chi connectivity index (χ4n) is 2.68. The second-order valence-electron chi connectivity index (χ2n) is 5.77. The number of nitrogens with zero attached hydrogens (tertiary/aromatic N) is 2. The van der Waals surface area contributed by atoms with Gasteiger partial charge in [-0.1, -0.05) is 22.0 Å². The smallest absolute Gasteiger partial charge is 0.173 e. The lowest BCUT2D eigenvalue weighted by molar-refractivity contribution is 0.0903. The van der Waals surface area contributed by atoms with Crippen LogP contribution in [0.2, 0.25) is 0 Å². The summed E-state index contributed by atoms with van der Waals surface area (Å²) in [6.07, 6.45) is 4.25. The van der Waals surface area contributed by atoms with Crippen LogP contribution >= 0.6 is 28.1 Å². The molecule has 126 valence electrons. The molecular formula is C18H20BrN3OS. The second-order valence-corrected chi connectivity index (χ2v) is 7.08. The van der Waals surface area contributed by atoms with Crippen molar-refractivity contribution in [3.8, 4) is 0 Å². The van der Waals surface area contributed by atoms with Gasteiger partial charge in [-0.2, -0.15) is 0 Å². The van der Waals surface area contributed by atoms with Crippen molar-refractivity contribution in [1.82, 2.24) is 9.88 Å². The molecule has 0 unspecified atom stereocenters. The van der Waals surface area contributed by atoms with E-state index in [0.717, 1.165) is 41.8 Å². The Hall–Kier alpha value is -1.50. The van der Waals surface area contributed by atoms with Crippen LogP contribution in [0, 0.1) is 0 Å². The summed E-state index contributed by atoms with van der Waals surface area (Å²) in [5.74, 6) is 0. The lowest BCUT2D eigenvalue weighted by atomic mass is 10.2. The van der Waals surface area contributed by atoms with Crippen LogP contribution in [-0.4, -0.2) is 34.3 Å². The van der Waals surface area contributed by atoms with E-state index in [1.807, 2.05) is 48.7 Å². The summed E-state index contributed by atoms with van der Waals surface area (Å²) in [6, 6.07) is 13.9. The van der Waals surface area contributed by atoms with E-state index >= 15 is 0 Å². The number of pyridine rings is 1. The van der Waals surface area contributed by atoms with Crippen molar-refractivity contribution in [3.05, 3.63) is 58.8 Å². The SMILES string of the molecule is S=C(Nc1ccc(Br)cc1)N(Cc1ccccn1)C[C@@H]1CCCO1. The van der Waals surface area contributed by atoms with Crippen molar-refractivity contribution < 1.29 is 4.74 Å². The summed E-state index contributed by atoms with van der Waals surface area (Å²) in [4.78, 5) is 6.55. The molecule has 2 heterocycles. The van der Waals surface area contributed by atoms with Crippen molar-refractivity contribution in [1.29, 1.82) is 0 Å². The average molecular weight is 406 g/mol. The number of aromatic nitrogens is 1. The van der Waals surface area contributed by atoms with Gasteiger partial charge in [-0.15, -0.1) is 0 Å². The molecule has 1 atom stereocenters. The highest BCUT2D eigenvalue weighted by atomic mass is 79.9. The van der Waals surface area contributed by atoms with Crippen molar-refractivity contribution >= 4 is 38.9 Å². The normalized spacial score (nSPS) is 16.8. The molecule has 1 fully saturated rings. The lowest BCUT2D eigenvalue weighted by Crippen LogP contribution is -2.39. The number of hydrogen-bond donors (Lipinski definition) is 1. The van der Waals surface area contributed by atoms with Crippen LogP contribution < -0.4 is 5.32 Å². The first-order chi connectivity index (χ1) is 11.7. The minimum atomic E-state index is 0.235. The predicted molar refractivity (Wildman–Crippen MR) is 104 cm³/mol. The van der Waals surface area contributed by atoms with Gasteiger partial charge in [0.1, 0.15) is 0 Å². The number of rotatable bonds is 5. The molecular weight excluding hydrogens is 386 g/mol. The van der Waals surface area contributed by atoms with Gasteiger partial charge in [0, 0.05) is 29.5 Å². The topological polar surface area (TPSA) is 37.4 Å². The minimum absolute atomic E-state index is 0.235. The summed E-state index contributed by atoms with van der Waals surface area (Å²) in [5.41, 5.74) is 1.97. The number of anilines is 1. The Morgan fingerprint density at radius 1 is 1.29 bits per heavy atom. The van der Waals surface area contributed by atoms with Crippen molar-refractivity contribution in [2.75, 3.05) is 18.5 Å². The standard InChI is InChI=1S/C18H20BrN3OS/c19-14-6-8-15(9-7-14)21-18(24)22(13-17-5-3-11-23-17)12-16-4-1-2-10-20-16/h1-2,4,6-10,17H,3,5,11-13H2,(H,21,24)/t17-/m0/s1. The number of nitrogens with one attached hydrogen (secondary N) is 1. The summed E-state index contributed by atoms with van der Waals surface area (Å²) < 4.78 is 6.83. The summed E-state index contributed by atoms with van der Waals surface area (Å²) >= 11 is 9.09. The molecule has 0 spiro atoms. The zero-order valence-electron chi connectivity index (χ0n) is 13.3. The van der Waals surface area contributed by atoms with E-state index in [-0.39, 0.29) is 6.10 Å². The van der Waals surface area contributed by atoms with Crippen LogP contribution in [0.4, 0.5) is 5.69 Å². The van der Waals surface area contributed by atoms with Crippen LogP contribution in [-0.2, 0) is 11.3 Å². The molecule has 0 saturated carbocycles.